The Balaban J connectivity index is 1.18. The van der Waals surface area contributed by atoms with Crippen LogP contribution in [0.1, 0.15) is 96.6 Å². The molecule has 8 rings (SSSR count). The molecule has 6 heterocycles. The van der Waals surface area contributed by atoms with Crippen molar-refractivity contribution in [3.8, 4) is 28.1 Å². The largest absolute Gasteiger partial charge is 0.508 e. The maximum absolute atomic E-state index is 14.8. The summed E-state index contributed by atoms with van der Waals surface area (Å²) in [5.74, 6) is -2.04. The molecule has 4 aromatic rings. The predicted molar refractivity (Wildman–Crippen MR) is 263 cm³/mol. The SMILES string of the molecule is C=CS(=O)(=O)N1CCC2(CCN(C(C(=O)N[C@H]3Cc4cc(O)cc(c4)-c4ccc5c(c4)c(c(-c4cccnc4[C@H](C)OC)n5CC)CC(C)(C)COC(=O)[C@@H]4CCCN(N4)C3=O)C(C)C)C2=O)CC1. The van der Waals surface area contributed by atoms with Crippen molar-refractivity contribution in [3.05, 3.63) is 83.5 Å². The number of methoxy groups -OCH3 is 1. The first-order chi connectivity index (χ1) is 32.8. The molecule has 17 heteroatoms. The lowest BCUT2D eigenvalue weighted by Crippen LogP contribution is -2.62. The number of aromatic hydroxyl groups is 1. The zero-order chi connectivity index (χ0) is 49.6. The number of hydrogen-bond acceptors (Lipinski definition) is 11. The molecular formula is C52H67N7O9S. The summed E-state index contributed by atoms with van der Waals surface area (Å²) in [5.41, 5.74) is 8.68. The molecule has 0 saturated carbocycles. The fourth-order valence-corrected chi connectivity index (χ4v) is 11.9. The van der Waals surface area contributed by atoms with Crippen molar-refractivity contribution < 1.29 is 42.2 Å². The van der Waals surface area contributed by atoms with Crippen LogP contribution in [0.5, 0.6) is 5.75 Å². The number of carbonyl (C=O) groups is 4. The second-order valence-electron chi connectivity index (χ2n) is 20.4. The number of phenolic OH excluding ortho intramolecular Hbond substituents is 1. The second kappa shape index (κ2) is 19.6. The van der Waals surface area contributed by atoms with Gasteiger partial charge in [0.25, 0.3) is 5.91 Å². The number of hydrogen-bond donors (Lipinski definition) is 3. The fourth-order valence-electron chi connectivity index (χ4n) is 11.0. The number of rotatable bonds is 10. The monoisotopic (exact) mass is 965 g/mol. The average Bonchev–Trinajstić information content (AvgIpc) is 3.80. The van der Waals surface area contributed by atoms with Gasteiger partial charge in [-0.05, 0) is 117 Å². The van der Waals surface area contributed by atoms with Gasteiger partial charge < -0.3 is 29.4 Å². The number of ether oxygens (including phenoxy) is 2. The van der Waals surface area contributed by atoms with Gasteiger partial charge in [-0.1, -0.05) is 46.4 Å². The lowest BCUT2D eigenvalue weighted by molar-refractivity contribution is -0.155. The molecule has 3 fully saturated rings. The van der Waals surface area contributed by atoms with Gasteiger partial charge in [0.15, 0.2) is 0 Å². The van der Waals surface area contributed by atoms with Gasteiger partial charge >= 0.3 is 5.97 Å². The minimum absolute atomic E-state index is 0.0184. The highest BCUT2D eigenvalue weighted by Crippen LogP contribution is 2.45. The van der Waals surface area contributed by atoms with E-state index in [-0.39, 0.29) is 56.3 Å². The number of phenols is 1. The number of piperidine rings is 1. The number of fused-ring (bicyclic) bond motifs is 6. The zero-order valence-electron chi connectivity index (χ0n) is 40.9. The molecule has 16 nitrogen and oxygen atoms in total. The first kappa shape index (κ1) is 49.8. The molecule has 3 saturated heterocycles. The first-order valence-electron chi connectivity index (χ1n) is 24.2. The van der Waals surface area contributed by atoms with Gasteiger partial charge in [-0.15, -0.1) is 0 Å². The number of aryl methyl sites for hydroxylation is 1. The Kier molecular flexibility index (Phi) is 14.2. The summed E-state index contributed by atoms with van der Waals surface area (Å²) in [6.45, 7) is 17.0. The number of carbonyl (C=O) groups excluding carboxylic acids is 4. The van der Waals surface area contributed by atoms with Gasteiger partial charge in [-0.3, -0.25) is 29.2 Å². The smallest absolute Gasteiger partial charge is 0.324 e. The Morgan fingerprint density at radius 2 is 1.78 bits per heavy atom. The molecule has 6 bridgehead atoms. The molecule has 0 aliphatic carbocycles. The number of sulfonamides is 1. The minimum Gasteiger partial charge on any atom is -0.508 e. The van der Waals surface area contributed by atoms with Gasteiger partial charge in [0.2, 0.25) is 21.8 Å². The molecule has 1 unspecified atom stereocenters. The van der Waals surface area contributed by atoms with Gasteiger partial charge in [-0.2, -0.15) is 4.31 Å². The maximum atomic E-state index is 14.8. The van der Waals surface area contributed by atoms with E-state index in [0.717, 1.165) is 44.4 Å². The van der Waals surface area contributed by atoms with Crippen molar-refractivity contribution in [2.45, 2.75) is 117 Å². The molecule has 4 aliphatic heterocycles. The molecule has 0 radical (unpaired) electrons. The van der Waals surface area contributed by atoms with E-state index in [4.69, 9.17) is 14.5 Å². The number of esters is 1. The van der Waals surface area contributed by atoms with Gasteiger partial charge in [0.1, 0.15) is 23.9 Å². The molecule has 4 aliphatic rings. The Labute approximate surface area is 405 Å². The number of pyridine rings is 1. The summed E-state index contributed by atoms with van der Waals surface area (Å²) in [6, 6.07) is 12.5. The van der Waals surface area contributed by atoms with Gasteiger partial charge in [-0.25, -0.2) is 13.8 Å². The summed E-state index contributed by atoms with van der Waals surface area (Å²) in [4.78, 5) is 64.3. The molecule has 69 heavy (non-hydrogen) atoms. The maximum Gasteiger partial charge on any atom is 0.324 e. The predicted octanol–water partition coefficient (Wildman–Crippen LogP) is 6.26. The van der Waals surface area contributed by atoms with Crippen LogP contribution in [-0.4, -0.2) is 119 Å². The van der Waals surface area contributed by atoms with Crippen molar-refractivity contribution >= 4 is 44.6 Å². The highest BCUT2D eigenvalue weighted by molar-refractivity contribution is 7.92. The van der Waals surface area contributed by atoms with Crippen molar-refractivity contribution in [1.82, 2.24) is 34.5 Å². The minimum atomic E-state index is -3.64. The number of benzene rings is 2. The van der Waals surface area contributed by atoms with Crippen molar-refractivity contribution in [2.24, 2.45) is 16.7 Å². The van der Waals surface area contributed by atoms with E-state index in [1.54, 1.807) is 30.3 Å². The van der Waals surface area contributed by atoms with E-state index in [1.165, 1.54) is 9.31 Å². The second-order valence-corrected chi connectivity index (χ2v) is 22.2. The summed E-state index contributed by atoms with van der Waals surface area (Å²) in [7, 11) is -1.97. The van der Waals surface area contributed by atoms with Crippen LogP contribution in [-0.2, 0) is 58.1 Å². The standard InChI is InChI=1S/C52H67N7O9S/c1-9-57-43-16-15-35-29-39(43)40(46(57)38-13-11-20-53-44(38)33(5)67-8)30-51(6,7)31-68-49(63)41-14-12-21-59(55-41)48(62)42(27-34-25-36(35)28-37(60)26-34)54-47(61)45(32(3)4)58-24-19-52(50(58)64)17-22-56(23-18-52)69(65,66)10-2/h10-11,13,15-16,20,25-26,28-29,32-33,41-42,45,55,60H,2,9,12,14,17-19,21-24,27,30-31H2,1,3-8H3,(H,54,61)/t33-,41-,42-,45?/m0/s1. The molecular weight excluding hydrogens is 899 g/mol. The third kappa shape index (κ3) is 9.79. The number of amides is 3. The summed E-state index contributed by atoms with van der Waals surface area (Å²) in [6.07, 6.45) is 4.04. The fraction of sp³-hybridized carbons (Fsp3) is 0.519. The molecule has 3 amide bonds. The highest BCUT2D eigenvalue weighted by atomic mass is 32.2. The molecule has 4 atom stereocenters. The van der Waals surface area contributed by atoms with E-state index in [1.807, 2.05) is 39.0 Å². The van der Waals surface area contributed by atoms with Crippen LogP contribution in [0.15, 0.2) is 66.7 Å². The average molecular weight is 966 g/mol. The summed E-state index contributed by atoms with van der Waals surface area (Å²) in [5, 5.41) is 17.7. The van der Waals surface area contributed by atoms with Crippen LogP contribution in [0.3, 0.4) is 0 Å². The normalized spacial score (nSPS) is 22.1. The zero-order valence-corrected chi connectivity index (χ0v) is 41.7. The Morgan fingerprint density at radius 3 is 2.48 bits per heavy atom. The van der Waals surface area contributed by atoms with E-state index < -0.39 is 56.8 Å². The summed E-state index contributed by atoms with van der Waals surface area (Å²) < 4.78 is 40.7. The Bertz CT molecular complexity index is 2760. The summed E-state index contributed by atoms with van der Waals surface area (Å²) >= 11 is 0. The van der Waals surface area contributed by atoms with E-state index in [9.17, 15) is 32.7 Å². The highest BCUT2D eigenvalue weighted by Gasteiger charge is 2.52. The van der Waals surface area contributed by atoms with Crippen LogP contribution >= 0.6 is 0 Å². The number of nitrogens with zero attached hydrogens (tertiary/aromatic N) is 5. The van der Waals surface area contributed by atoms with Crippen LogP contribution < -0.4 is 10.7 Å². The Hall–Kier alpha value is -5.62. The third-order valence-corrected chi connectivity index (χ3v) is 16.2. The number of cyclic esters (lactones) is 1. The molecule has 370 valence electrons. The quantitative estimate of drug-likeness (QED) is 0.152. The van der Waals surface area contributed by atoms with Crippen LogP contribution in [0.4, 0.5) is 0 Å². The first-order valence-corrected chi connectivity index (χ1v) is 25.8. The topological polar surface area (TPSA) is 193 Å². The van der Waals surface area contributed by atoms with E-state index in [2.05, 4.69) is 60.9 Å². The lowest BCUT2D eigenvalue weighted by Gasteiger charge is -2.38. The van der Waals surface area contributed by atoms with Crippen LogP contribution in [0, 0.1) is 16.7 Å². The van der Waals surface area contributed by atoms with E-state index >= 15 is 0 Å². The molecule has 3 N–H and O–H groups in total. The lowest BCUT2D eigenvalue weighted by atomic mass is 9.77. The number of hydrazine groups is 1. The molecule has 1 spiro atoms. The number of aromatic nitrogens is 2. The third-order valence-electron chi connectivity index (χ3n) is 14.7. The van der Waals surface area contributed by atoms with Crippen LogP contribution in [0.25, 0.3) is 33.3 Å². The van der Waals surface area contributed by atoms with Gasteiger partial charge in [0.05, 0.1) is 29.5 Å². The molecule has 2 aromatic heterocycles. The van der Waals surface area contributed by atoms with Crippen LogP contribution in [0.2, 0.25) is 0 Å². The Morgan fingerprint density at radius 1 is 1.04 bits per heavy atom. The number of likely N-dealkylation sites (tertiary alicyclic amines) is 1. The molecule has 2 aromatic carbocycles. The number of nitrogens with one attached hydrogen (secondary N) is 2. The van der Waals surface area contributed by atoms with Crippen molar-refractivity contribution in [3.63, 3.8) is 0 Å². The van der Waals surface area contributed by atoms with E-state index in [0.29, 0.717) is 62.7 Å². The van der Waals surface area contributed by atoms with Crippen molar-refractivity contribution in [1.29, 1.82) is 0 Å². The van der Waals surface area contributed by atoms with Crippen molar-refractivity contribution in [2.75, 3.05) is 39.9 Å². The van der Waals surface area contributed by atoms with Gasteiger partial charge in [0, 0.05) is 79.7 Å².